The van der Waals surface area contributed by atoms with Crippen molar-refractivity contribution in [2.24, 2.45) is 0 Å². The fourth-order valence-electron chi connectivity index (χ4n) is 2.57. The number of benzene rings is 1. The molecule has 1 aliphatic heterocycles. The van der Waals surface area contributed by atoms with Crippen molar-refractivity contribution in [3.8, 4) is 0 Å². The van der Waals surface area contributed by atoms with Crippen molar-refractivity contribution in [2.45, 2.75) is 45.3 Å². The van der Waals surface area contributed by atoms with Crippen LogP contribution in [0, 0.1) is 5.82 Å². The molecule has 2 N–H and O–H groups in total. The Bertz CT molecular complexity index is 697. The molecule has 1 aromatic carbocycles. The second-order valence-electron chi connectivity index (χ2n) is 7.08. The maximum absolute atomic E-state index is 14.1. The van der Waals surface area contributed by atoms with E-state index in [4.69, 9.17) is 16.3 Å². The minimum absolute atomic E-state index is 0.00502. The Morgan fingerprint density at radius 3 is 2.73 bits per heavy atom. The van der Waals surface area contributed by atoms with Crippen molar-refractivity contribution in [2.75, 3.05) is 18.4 Å². The highest BCUT2D eigenvalue weighted by Crippen LogP contribution is 2.30. The molecule has 1 atom stereocenters. The van der Waals surface area contributed by atoms with E-state index in [1.165, 1.54) is 11.0 Å². The zero-order valence-electron chi connectivity index (χ0n) is 14.9. The number of amides is 3. The van der Waals surface area contributed by atoms with Crippen LogP contribution in [0.5, 0.6) is 0 Å². The first-order chi connectivity index (χ1) is 12.1. The van der Waals surface area contributed by atoms with Crippen LogP contribution in [0.25, 0.3) is 0 Å². The van der Waals surface area contributed by atoms with Crippen molar-refractivity contribution < 1.29 is 18.7 Å². The summed E-state index contributed by atoms with van der Waals surface area (Å²) in [5.41, 5.74) is -0.584. The second-order valence-corrected chi connectivity index (χ2v) is 8.32. The quantitative estimate of drug-likeness (QED) is 0.638. The number of hydrogen-bond donors (Lipinski definition) is 2. The first-order valence-corrected chi connectivity index (χ1v) is 9.43. The molecule has 9 heteroatoms. The number of rotatable bonds is 2. The highest BCUT2D eigenvalue weighted by molar-refractivity contribution is 9.10. The third-order valence-corrected chi connectivity index (χ3v) is 4.96. The Morgan fingerprint density at radius 2 is 2.08 bits per heavy atom. The Balaban J connectivity index is 1.95. The molecule has 0 radical (unpaired) electrons. The molecule has 3 amide bonds. The Kier molecular flexibility index (Phi) is 6.74. The topological polar surface area (TPSA) is 70.7 Å². The summed E-state index contributed by atoms with van der Waals surface area (Å²) in [4.78, 5) is 25.8. The van der Waals surface area contributed by atoms with Gasteiger partial charge in [-0.3, -0.25) is 0 Å². The predicted molar refractivity (Wildman–Crippen MR) is 102 cm³/mol. The number of carbonyl (C=O) groups is 2. The summed E-state index contributed by atoms with van der Waals surface area (Å²) in [5, 5.41) is 5.20. The van der Waals surface area contributed by atoms with Crippen LogP contribution < -0.4 is 10.6 Å². The summed E-state index contributed by atoms with van der Waals surface area (Å²) in [5.74, 6) is -0.699. The van der Waals surface area contributed by atoms with E-state index in [9.17, 15) is 14.0 Å². The van der Waals surface area contributed by atoms with Gasteiger partial charge in [-0.05, 0) is 61.7 Å². The van der Waals surface area contributed by atoms with Gasteiger partial charge in [-0.25, -0.2) is 14.0 Å². The molecule has 1 fully saturated rings. The van der Waals surface area contributed by atoms with Crippen LogP contribution in [0.15, 0.2) is 16.6 Å². The highest BCUT2D eigenvalue weighted by atomic mass is 79.9. The lowest BCUT2D eigenvalue weighted by atomic mass is 10.1. The van der Waals surface area contributed by atoms with Crippen LogP contribution in [0.1, 0.15) is 33.6 Å². The van der Waals surface area contributed by atoms with E-state index in [2.05, 4.69) is 26.6 Å². The lowest BCUT2D eigenvalue weighted by Crippen LogP contribution is -2.51. The van der Waals surface area contributed by atoms with Gasteiger partial charge in [-0.2, -0.15) is 0 Å². The summed E-state index contributed by atoms with van der Waals surface area (Å²) < 4.78 is 19.8. The molecule has 1 aliphatic rings. The first-order valence-electron chi connectivity index (χ1n) is 8.26. The smallest absolute Gasteiger partial charge is 0.407 e. The lowest BCUT2D eigenvalue weighted by Gasteiger charge is -2.33. The highest BCUT2D eigenvalue weighted by Gasteiger charge is 2.27. The van der Waals surface area contributed by atoms with Crippen LogP contribution >= 0.6 is 27.5 Å². The number of hydrogen-bond acceptors (Lipinski definition) is 3. The van der Waals surface area contributed by atoms with Crippen LogP contribution in [0.2, 0.25) is 5.02 Å². The molecular weight excluding hydrogens is 429 g/mol. The van der Waals surface area contributed by atoms with Gasteiger partial charge in [0.1, 0.15) is 5.60 Å². The minimum Gasteiger partial charge on any atom is -0.444 e. The number of nitrogens with one attached hydrogen (secondary N) is 2. The molecule has 2 rings (SSSR count). The van der Waals surface area contributed by atoms with Crippen molar-refractivity contribution in [1.82, 2.24) is 10.2 Å². The maximum atomic E-state index is 14.1. The molecule has 1 heterocycles. The van der Waals surface area contributed by atoms with Gasteiger partial charge in [0.25, 0.3) is 0 Å². The van der Waals surface area contributed by atoms with E-state index in [1.807, 2.05) is 0 Å². The van der Waals surface area contributed by atoms with Crippen molar-refractivity contribution in [1.29, 1.82) is 0 Å². The zero-order chi connectivity index (χ0) is 19.5. The van der Waals surface area contributed by atoms with E-state index in [0.29, 0.717) is 17.6 Å². The SMILES string of the molecule is CC(C)(C)OC(=O)N[C@H]1CCCN(C(=O)Nc2ccc(Br)c(Cl)c2F)C1. The van der Waals surface area contributed by atoms with Gasteiger partial charge in [-0.15, -0.1) is 0 Å². The van der Waals surface area contributed by atoms with Crippen molar-refractivity contribution in [3.05, 3.63) is 27.4 Å². The third-order valence-electron chi connectivity index (χ3n) is 3.71. The Hall–Kier alpha value is -1.54. The molecule has 0 spiro atoms. The molecule has 0 unspecified atom stereocenters. The monoisotopic (exact) mass is 449 g/mol. The summed E-state index contributed by atoms with van der Waals surface area (Å²) in [6.45, 7) is 6.18. The fraction of sp³-hybridized carbons (Fsp3) is 0.529. The fourth-order valence-corrected chi connectivity index (χ4v) is 3.04. The van der Waals surface area contributed by atoms with E-state index in [0.717, 1.165) is 12.8 Å². The number of piperidine rings is 1. The summed E-state index contributed by atoms with van der Waals surface area (Å²) in [6.07, 6.45) is 0.939. The van der Waals surface area contributed by atoms with Gasteiger partial charge >= 0.3 is 12.1 Å². The molecule has 1 saturated heterocycles. The van der Waals surface area contributed by atoms with Gasteiger partial charge in [0.2, 0.25) is 0 Å². The number of carbonyl (C=O) groups excluding carboxylic acids is 2. The number of nitrogens with zero attached hydrogens (tertiary/aromatic N) is 1. The molecule has 26 heavy (non-hydrogen) atoms. The number of halogens is 3. The number of urea groups is 1. The third kappa shape index (κ3) is 5.74. The molecular formula is C17H22BrClFN3O3. The van der Waals surface area contributed by atoms with Crippen molar-refractivity contribution in [3.63, 3.8) is 0 Å². The normalized spacial score (nSPS) is 17.6. The average molecular weight is 451 g/mol. The zero-order valence-corrected chi connectivity index (χ0v) is 17.2. The second kappa shape index (κ2) is 8.43. The van der Waals surface area contributed by atoms with Gasteiger partial charge in [0.15, 0.2) is 5.82 Å². The number of anilines is 1. The summed E-state index contributed by atoms with van der Waals surface area (Å²) in [7, 11) is 0. The summed E-state index contributed by atoms with van der Waals surface area (Å²) in [6, 6.07) is 2.33. The number of ether oxygens (including phenoxy) is 1. The van der Waals surface area contributed by atoms with Gasteiger partial charge < -0.3 is 20.3 Å². The van der Waals surface area contributed by atoms with Crippen LogP contribution in [0.4, 0.5) is 19.7 Å². The van der Waals surface area contributed by atoms with Gasteiger partial charge in [0.05, 0.1) is 10.7 Å². The van der Waals surface area contributed by atoms with E-state index < -0.39 is 23.5 Å². The molecule has 0 saturated carbocycles. The van der Waals surface area contributed by atoms with Gasteiger partial charge in [0, 0.05) is 23.6 Å². The van der Waals surface area contributed by atoms with Crippen LogP contribution in [-0.4, -0.2) is 41.8 Å². The number of likely N-dealkylation sites (tertiary alicyclic amines) is 1. The van der Waals surface area contributed by atoms with E-state index >= 15 is 0 Å². The van der Waals surface area contributed by atoms with Gasteiger partial charge in [-0.1, -0.05) is 11.6 Å². The van der Waals surface area contributed by atoms with Crippen molar-refractivity contribution >= 4 is 45.3 Å². The average Bonchev–Trinajstić information content (AvgIpc) is 2.53. The minimum atomic E-state index is -0.699. The Labute approximate surface area is 165 Å². The molecule has 1 aromatic rings. The molecule has 0 aromatic heterocycles. The van der Waals surface area contributed by atoms with Crippen LogP contribution in [0.3, 0.4) is 0 Å². The number of alkyl carbamates (subject to hydrolysis) is 1. The summed E-state index contributed by atoms with van der Waals surface area (Å²) >= 11 is 8.96. The standard InChI is InChI=1S/C17H22BrClFN3O3/c1-17(2,3)26-16(25)21-10-5-4-8-23(9-10)15(24)22-12-7-6-11(18)13(19)14(12)20/h6-7,10H,4-5,8-9H2,1-3H3,(H,21,25)(H,22,24)/t10-/m0/s1. The van der Waals surface area contributed by atoms with E-state index in [1.54, 1.807) is 26.8 Å². The Morgan fingerprint density at radius 1 is 1.38 bits per heavy atom. The lowest BCUT2D eigenvalue weighted by molar-refractivity contribution is 0.0480. The first kappa shape index (κ1) is 20.8. The predicted octanol–water partition coefficient (Wildman–Crippen LogP) is 4.76. The molecule has 0 aliphatic carbocycles. The molecule has 144 valence electrons. The molecule has 6 nitrogen and oxygen atoms in total. The van der Waals surface area contributed by atoms with Crippen LogP contribution in [-0.2, 0) is 4.74 Å². The maximum Gasteiger partial charge on any atom is 0.407 e. The molecule has 0 bridgehead atoms. The largest absolute Gasteiger partial charge is 0.444 e. The van der Waals surface area contributed by atoms with E-state index in [-0.39, 0.29) is 16.8 Å².